The molecule has 1 aromatic carbocycles. The van der Waals surface area contributed by atoms with Crippen molar-refractivity contribution < 1.29 is 14.3 Å². The number of hydrogen-bond acceptors (Lipinski definition) is 3. The van der Waals surface area contributed by atoms with Crippen LogP contribution in [0, 0.1) is 0 Å². The number of benzene rings is 1. The van der Waals surface area contributed by atoms with Gasteiger partial charge in [-0.2, -0.15) is 0 Å². The van der Waals surface area contributed by atoms with Gasteiger partial charge in [0, 0.05) is 20.0 Å². The topological polar surface area (TPSA) is 46.6 Å². The number of amides is 1. The number of likely N-dealkylation sites (N-methyl/N-ethyl adjacent to an activating group) is 1. The molecule has 0 unspecified atom stereocenters. The Morgan fingerprint density at radius 1 is 1.40 bits per heavy atom. The lowest BCUT2D eigenvalue weighted by molar-refractivity contribution is -0.143. The third-order valence-electron chi connectivity index (χ3n) is 3.76. The first kappa shape index (κ1) is 14.6. The third kappa shape index (κ3) is 3.18. The van der Waals surface area contributed by atoms with E-state index in [-0.39, 0.29) is 24.2 Å². The van der Waals surface area contributed by atoms with Crippen LogP contribution in [0.15, 0.2) is 24.3 Å². The molecule has 0 bridgehead atoms. The van der Waals surface area contributed by atoms with Crippen LogP contribution < -0.4 is 0 Å². The Hall–Kier alpha value is -1.84. The summed E-state index contributed by atoms with van der Waals surface area (Å²) in [5, 5.41) is 0. The Bertz CT molecular complexity index is 498. The molecule has 0 spiro atoms. The van der Waals surface area contributed by atoms with E-state index >= 15 is 0 Å². The van der Waals surface area contributed by atoms with Crippen LogP contribution in [0.25, 0.3) is 0 Å². The van der Waals surface area contributed by atoms with Crippen molar-refractivity contribution in [3.8, 4) is 0 Å². The molecule has 2 rings (SSSR count). The normalized spacial score (nSPS) is 18.4. The first-order valence-electron chi connectivity index (χ1n) is 7.12. The molecule has 1 heterocycles. The molecule has 1 aliphatic rings. The van der Waals surface area contributed by atoms with E-state index in [1.165, 1.54) is 5.56 Å². The summed E-state index contributed by atoms with van der Waals surface area (Å²) >= 11 is 0. The minimum Gasteiger partial charge on any atom is -0.466 e. The van der Waals surface area contributed by atoms with Gasteiger partial charge in [0.2, 0.25) is 5.91 Å². The van der Waals surface area contributed by atoms with Crippen molar-refractivity contribution in [3.05, 3.63) is 35.4 Å². The van der Waals surface area contributed by atoms with Crippen molar-refractivity contribution in [1.82, 2.24) is 4.90 Å². The molecule has 20 heavy (non-hydrogen) atoms. The molecule has 1 aliphatic heterocycles. The third-order valence-corrected chi connectivity index (χ3v) is 3.76. The number of carbonyl (C=O) groups is 2. The zero-order valence-electron chi connectivity index (χ0n) is 12.1. The van der Waals surface area contributed by atoms with Crippen molar-refractivity contribution in [1.29, 1.82) is 0 Å². The number of rotatable bonds is 4. The van der Waals surface area contributed by atoms with Crippen molar-refractivity contribution in [2.45, 2.75) is 32.1 Å². The van der Waals surface area contributed by atoms with Crippen molar-refractivity contribution in [2.24, 2.45) is 0 Å². The van der Waals surface area contributed by atoms with Crippen LogP contribution in [-0.2, 0) is 20.7 Å². The highest BCUT2D eigenvalue weighted by atomic mass is 16.5. The molecule has 0 aromatic heterocycles. The Kier molecular flexibility index (Phi) is 4.77. The number of nitrogens with zero attached hydrogens (tertiary/aromatic N) is 1. The molecule has 0 N–H and O–H groups in total. The van der Waals surface area contributed by atoms with Crippen LogP contribution in [0.3, 0.4) is 0 Å². The van der Waals surface area contributed by atoms with E-state index in [4.69, 9.17) is 4.74 Å². The van der Waals surface area contributed by atoms with Gasteiger partial charge in [-0.15, -0.1) is 0 Å². The molecule has 108 valence electrons. The molecular weight excluding hydrogens is 254 g/mol. The maximum atomic E-state index is 12.5. The van der Waals surface area contributed by atoms with Gasteiger partial charge < -0.3 is 9.64 Å². The van der Waals surface area contributed by atoms with Gasteiger partial charge in [-0.25, -0.2) is 0 Å². The van der Waals surface area contributed by atoms with E-state index in [1.807, 2.05) is 25.2 Å². The Labute approximate surface area is 119 Å². The summed E-state index contributed by atoms with van der Waals surface area (Å²) in [6.45, 7) is 2.90. The summed E-state index contributed by atoms with van der Waals surface area (Å²) in [6.07, 6.45) is 1.67. The standard InChI is InChI=1S/C16H21NO3/c1-3-20-15(18)9-8-14-13-7-5-4-6-12(13)10-11-17(2)16(14)19/h4-7,14H,3,8-11H2,1-2H3/t14-/m1/s1. The van der Waals surface area contributed by atoms with Gasteiger partial charge in [-0.1, -0.05) is 24.3 Å². The molecule has 0 saturated heterocycles. The summed E-state index contributed by atoms with van der Waals surface area (Å²) < 4.78 is 4.95. The fraction of sp³-hybridized carbons (Fsp3) is 0.500. The number of esters is 1. The average Bonchev–Trinajstić information content (AvgIpc) is 2.56. The predicted molar refractivity (Wildman–Crippen MR) is 76.4 cm³/mol. The molecule has 0 saturated carbocycles. The van der Waals surface area contributed by atoms with Crippen LogP contribution in [0.1, 0.15) is 36.8 Å². The number of carbonyl (C=O) groups excluding carboxylic acids is 2. The molecule has 0 fully saturated rings. The monoisotopic (exact) mass is 275 g/mol. The van der Waals surface area contributed by atoms with Crippen LogP contribution >= 0.6 is 0 Å². The predicted octanol–water partition coefficient (Wildman–Crippen LogP) is 2.13. The van der Waals surface area contributed by atoms with Gasteiger partial charge >= 0.3 is 5.97 Å². The first-order valence-corrected chi connectivity index (χ1v) is 7.12. The van der Waals surface area contributed by atoms with Crippen LogP contribution in [0.5, 0.6) is 0 Å². The van der Waals surface area contributed by atoms with Gasteiger partial charge in [0.25, 0.3) is 0 Å². The van der Waals surface area contributed by atoms with Gasteiger partial charge in [-0.05, 0) is 30.9 Å². The lowest BCUT2D eigenvalue weighted by atomic mass is 9.90. The lowest BCUT2D eigenvalue weighted by Crippen LogP contribution is -2.31. The molecule has 1 amide bonds. The molecule has 4 heteroatoms. The van der Waals surface area contributed by atoms with E-state index < -0.39 is 0 Å². The summed E-state index contributed by atoms with van der Waals surface area (Å²) in [5.41, 5.74) is 2.27. The fourth-order valence-corrected chi connectivity index (χ4v) is 2.67. The van der Waals surface area contributed by atoms with E-state index in [0.717, 1.165) is 18.5 Å². The Balaban J connectivity index is 2.18. The number of ether oxygens (including phenoxy) is 1. The van der Waals surface area contributed by atoms with Gasteiger partial charge in [0.05, 0.1) is 12.5 Å². The highest BCUT2D eigenvalue weighted by Crippen LogP contribution is 2.29. The molecular formula is C16H21NO3. The Morgan fingerprint density at radius 3 is 2.90 bits per heavy atom. The highest BCUT2D eigenvalue weighted by Gasteiger charge is 2.29. The van der Waals surface area contributed by atoms with Crippen molar-refractivity contribution in [2.75, 3.05) is 20.2 Å². The van der Waals surface area contributed by atoms with Crippen molar-refractivity contribution in [3.63, 3.8) is 0 Å². The van der Waals surface area contributed by atoms with E-state index in [9.17, 15) is 9.59 Å². The smallest absolute Gasteiger partial charge is 0.305 e. The second kappa shape index (κ2) is 6.55. The zero-order chi connectivity index (χ0) is 14.5. The summed E-state index contributed by atoms with van der Waals surface area (Å²) in [4.78, 5) is 25.7. The molecule has 1 atom stereocenters. The first-order chi connectivity index (χ1) is 9.63. The van der Waals surface area contributed by atoms with Crippen LogP contribution in [0.2, 0.25) is 0 Å². The molecule has 0 aliphatic carbocycles. The van der Waals surface area contributed by atoms with Crippen LogP contribution in [0.4, 0.5) is 0 Å². The Morgan fingerprint density at radius 2 is 2.15 bits per heavy atom. The van der Waals surface area contributed by atoms with E-state index in [1.54, 1.807) is 11.8 Å². The van der Waals surface area contributed by atoms with E-state index in [0.29, 0.717) is 13.0 Å². The minimum absolute atomic E-state index is 0.0965. The van der Waals surface area contributed by atoms with Gasteiger partial charge in [-0.3, -0.25) is 9.59 Å². The maximum Gasteiger partial charge on any atom is 0.305 e. The quantitative estimate of drug-likeness (QED) is 0.791. The molecule has 0 radical (unpaired) electrons. The van der Waals surface area contributed by atoms with Crippen LogP contribution in [-0.4, -0.2) is 37.0 Å². The lowest BCUT2D eigenvalue weighted by Gasteiger charge is -2.20. The van der Waals surface area contributed by atoms with Crippen molar-refractivity contribution >= 4 is 11.9 Å². The second-order valence-electron chi connectivity index (χ2n) is 5.10. The summed E-state index contributed by atoms with van der Waals surface area (Å²) in [6, 6.07) is 8.02. The number of hydrogen-bond donors (Lipinski definition) is 0. The average molecular weight is 275 g/mol. The summed E-state index contributed by atoms with van der Waals surface area (Å²) in [7, 11) is 1.82. The second-order valence-corrected chi connectivity index (χ2v) is 5.10. The van der Waals surface area contributed by atoms with E-state index in [2.05, 4.69) is 6.07 Å². The SMILES string of the molecule is CCOC(=O)CC[C@H]1C(=O)N(C)CCc2ccccc21. The fourth-order valence-electron chi connectivity index (χ4n) is 2.67. The van der Waals surface area contributed by atoms with Gasteiger partial charge in [0.15, 0.2) is 0 Å². The van der Waals surface area contributed by atoms with Gasteiger partial charge in [0.1, 0.15) is 0 Å². The largest absolute Gasteiger partial charge is 0.466 e. The highest BCUT2D eigenvalue weighted by molar-refractivity contribution is 5.85. The number of fused-ring (bicyclic) bond motifs is 1. The maximum absolute atomic E-state index is 12.5. The summed E-state index contributed by atoms with van der Waals surface area (Å²) in [5.74, 6) is -0.368. The molecule has 4 nitrogen and oxygen atoms in total. The molecule has 1 aromatic rings. The minimum atomic E-state index is -0.233. The zero-order valence-corrected chi connectivity index (χ0v) is 12.1.